The van der Waals surface area contributed by atoms with Gasteiger partial charge >= 0.3 is 0 Å². The minimum Gasteiger partial charge on any atom is -0.506 e. The molecule has 0 saturated heterocycles. The van der Waals surface area contributed by atoms with E-state index in [1.807, 2.05) is 37.1 Å². The molecule has 1 aromatic carbocycles. The van der Waals surface area contributed by atoms with Crippen molar-refractivity contribution in [2.24, 2.45) is 7.05 Å². The molecule has 10 heteroatoms. The Bertz CT molecular complexity index is 1320. The van der Waals surface area contributed by atoms with E-state index in [1.54, 1.807) is 43.5 Å². The first-order chi connectivity index (χ1) is 16.4. The average molecular weight is 460 g/mol. The SMILES string of the molecule is CCC(=O)c1cnc(Nc2ccc(O)cn2)cc1N(C)c1cccc(-c2ncn(C)n2)c1OC. The molecule has 0 bridgehead atoms. The van der Waals surface area contributed by atoms with Gasteiger partial charge in [0, 0.05) is 32.8 Å². The Labute approximate surface area is 196 Å². The first-order valence-corrected chi connectivity index (χ1v) is 10.6. The number of carbonyl (C=O) groups excluding carboxylic acids is 1. The van der Waals surface area contributed by atoms with Crippen LogP contribution in [-0.2, 0) is 7.05 Å². The van der Waals surface area contributed by atoms with Crippen molar-refractivity contribution in [1.29, 1.82) is 0 Å². The molecule has 0 atom stereocenters. The molecule has 0 spiro atoms. The Morgan fingerprint density at radius 1 is 1.12 bits per heavy atom. The number of hydrogen-bond donors (Lipinski definition) is 2. The molecule has 10 nitrogen and oxygen atoms in total. The van der Waals surface area contributed by atoms with Gasteiger partial charge in [-0.1, -0.05) is 13.0 Å². The fourth-order valence-corrected chi connectivity index (χ4v) is 3.56. The second-order valence-electron chi connectivity index (χ2n) is 7.55. The van der Waals surface area contributed by atoms with Gasteiger partial charge in [-0.15, -0.1) is 0 Å². The van der Waals surface area contributed by atoms with Crippen LogP contribution in [0.5, 0.6) is 11.5 Å². The molecule has 4 aromatic rings. The summed E-state index contributed by atoms with van der Waals surface area (Å²) in [5.41, 5.74) is 2.60. The molecule has 2 N–H and O–H groups in total. The Kier molecular flexibility index (Phi) is 6.39. The molecule has 0 aliphatic carbocycles. The monoisotopic (exact) mass is 459 g/mol. The van der Waals surface area contributed by atoms with Crippen molar-refractivity contribution in [3.63, 3.8) is 0 Å². The van der Waals surface area contributed by atoms with Crippen molar-refractivity contribution in [3.05, 3.63) is 60.7 Å². The van der Waals surface area contributed by atoms with Crippen LogP contribution >= 0.6 is 0 Å². The highest BCUT2D eigenvalue weighted by Crippen LogP contribution is 2.40. The predicted molar refractivity (Wildman–Crippen MR) is 129 cm³/mol. The summed E-state index contributed by atoms with van der Waals surface area (Å²) in [5.74, 6) is 2.15. The maximum atomic E-state index is 12.7. The number of Topliss-reactive ketones (excluding diaryl/α,β-unsaturated/α-hetero) is 1. The lowest BCUT2D eigenvalue weighted by atomic mass is 10.1. The largest absolute Gasteiger partial charge is 0.506 e. The van der Waals surface area contributed by atoms with E-state index in [-0.39, 0.29) is 11.5 Å². The molecule has 4 rings (SSSR count). The number of carbonyl (C=O) groups is 1. The summed E-state index contributed by atoms with van der Waals surface area (Å²) in [6.07, 6.45) is 4.86. The van der Waals surface area contributed by atoms with Crippen LogP contribution in [0.2, 0.25) is 0 Å². The van der Waals surface area contributed by atoms with Gasteiger partial charge in [0.2, 0.25) is 0 Å². The van der Waals surface area contributed by atoms with Gasteiger partial charge in [0.05, 0.1) is 35.8 Å². The molecule has 174 valence electrons. The summed E-state index contributed by atoms with van der Waals surface area (Å²) in [6, 6.07) is 10.6. The lowest BCUT2D eigenvalue weighted by Gasteiger charge is -2.25. The maximum Gasteiger partial charge on any atom is 0.184 e. The number of pyridine rings is 2. The smallest absolute Gasteiger partial charge is 0.184 e. The van der Waals surface area contributed by atoms with E-state index in [4.69, 9.17) is 4.74 Å². The third-order valence-electron chi connectivity index (χ3n) is 5.27. The number of nitrogens with zero attached hydrogens (tertiary/aromatic N) is 6. The number of anilines is 4. The first-order valence-electron chi connectivity index (χ1n) is 10.6. The van der Waals surface area contributed by atoms with Crippen molar-refractivity contribution in [2.45, 2.75) is 13.3 Å². The van der Waals surface area contributed by atoms with E-state index in [0.29, 0.717) is 40.9 Å². The van der Waals surface area contributed by atoms with Crippen molar-refractivity contribution in [1.82, 2.24) is 24.7 Å². The number of rotatable bonds is 8. The third-order valence-corrected chi connectivity index (χ3v) is 5.27. The fraction of sp³-hybridized carbons (Fsp3) is 0.208. The predicted octanol–water partition coefficient (Wildman–Crippen LogP) is 4.09. The van der Waals surface area contributed by atoms with Gasteiger partial charge in [-0.25, -0.2) is 15.0 Å². The number of para-hydroxylation sites is 1. The standard InChI is InChI=1S/C24H25N7O3/c1-5-20(33)17-13-26-22(28-21-10-9-15(32)12-25-21)11-19(17)31(3)18-8-6-7-16(23(18)34-4)24-27-14-30(2)29-24/h6-14,32H,5H2,1-4H3,(H,25,26,28). The lowest BCUT2D eigenvalue weighted by molar-refractivity contribution is 0.0988. The number of ketones is 1. The molecular weight excluding hydrogens is 434 g/mol. The van der Waals surface area contributed by atoms with Crippen molar-refractivity contribution >= 4 is 28.8 Å². The van der Waals surface area contributed by atoms with Gasteiger partial charge in [-0.2, -0.15) is 5.10 Å². The van der Waals surface area contributed by atoms with Gasteiger partial charge in [-0.05, 0) is 24.3 Å². The molecule has 34 heavy (non-hydrogen) atoms. The van der Waals surface area contributed by atoms with E-state index in [1.165, 1.54) is 12.3 Å². The number of nitrogens with one attached hydrogen (secondary N) is 1. The minimum atomic E-state index is -0.0369. The van der Waals surface area contributed by atoms with Crippen LogP contribution in [-0.4, -0.2) is 49.8 Å². The Morgan fingerprint density at radius 3 is 2.56 bits per heavy atom. The van der Waals surface area contributed by atoms with E-state index in [9.17, 15) is 9.90 Å². The van der Waals surface area contributed by atoms with Crippen LogP contribution in [0.15, 0.2) is 55.1 Å². The second-order valence-corrected chi connectivity index (χ2v) is 7.55. The van der Waals surface area contributed by atoms with Crippen molar-refractivity contribution in [2.75, 3.05) is 24.4 Å². The van der Waals surface area contributed by atoms with Gasteiger partial charge in [0.15, 0.2) is 17.4 Å². The minimum absolute atomic E-state index is 0.0369. The zero-order valence-electron chi connectivity index (χ0n) is 19.4. The second kappa shape index (κ2) is 9.57. The number of aromatic nitrogens is 5. The van der Waals surface area contributed by atoms with Crippen LogP contribution in [0.4, 0.5) is 23.0 Å². The van der Waals surface area contributed by atoms with Gasteiger partial charge in [0.1, 0.15) is 23.7 Å². The maximum absolute atomic E-state index is 12.7. The summed E-state index contributed by atoms with van der Waals surface area (Å²) >= 11 is 0. The van der Waals surface area contributed by atoms with Gasteiger partial charge in [-0.3, -0.25) is 9.48 Å². The van der Waals surface area contributed by atoms with Crippen molar-refractivity contribution in [3.8, 4) is 22.9 Å². The first kappa shape index (κ1) is 22.7. The quantitative estimate of drug-likeness (QED) is 0.376. The molecular formula is C24H25N7O3. The highest BCUT2D eigenvalue weighted by Gasteiger charge is 2.21. The molecule has 0 unspecified atom stereocenters. The summed E-state index contributed by atoms with van der Waals surface area (Å²) in [5, 5.41) is 17.0. The number of benzene rings is 1. The Hall–Kier alpha value is -4.47. The topological polar surface area (TPSA) is 118 Å². The lowest BCUT2D eigenvalue weighted by Crippen LogP contribution is -2.16. The zero-order chi connectivity index (χ0) is 24.2. The van der Waals surface area contributed by atoms with Gasteiger partial charge < -0.3 is 20.1 Å². The Morgan fingerprint density at radius 2 is 1.91 bits per heavy atom. The molecule has 0 saturated carbocycles. The molecule has 0 fully saturated rings. The van der Waals surface area contributed by atoms with E-state index in [2.05, 4.69) is 25.4 Å². The molecule has 0 radical (unpaired) electrons. The third kappa shape index (κ3) is 4.51. The fourth-order valence-electron chi connectivity index (χ4n) is 3.56. The summed E-state index contributed by atoms with van der Waals surface area (Å²) in [4.78, 5) is 27.5. The molecule has 0 aliphatic rings. The molecule has 0 amide bonds. The normalized spacial score (nSPS) is 10.7. The number of methoxy groups -OCH3 is 1. The van der Waals surface area contributed by atoms with Crippen LogP contribution in [0.25, 0.3) is 11.4 Å². The summed E-state index contributed by atoms with van der Waals surface area (Å²) in [7, 11) is 5.25. The van der Waals surface area contributed by atoms with Crippen LogP contribution in [0.1, 0.15) is 23.7 Å². The average Bonchev–Trinajstić information content (AvgIpc) is 3.30. The van der Waals surface area contributed by atoms with Crippen LogP contribution in [0, 0.1) is 0 Å². The number of ether oxygens (including phenoxy) is 1. The van der Waals surface area contributed by atoms with Crippen LogP contribution < -0.4 is 15.0 Å². The summed E-state index contributed by atoms with van der Waals surface area (Å²) in [6.45, 7) is 1.81. The van der Waals surface area contributed by atoms with E-state index >= 15 is 0 Å². The zero-order valence-corrected chi connectivity index (χ0v) is 19.4. The summed E-state index contributed by atoms with van der Waals surface area (Å²) < 4.78 is 7.39. The molecule has 3 aromatic heterocycles. The highest BCUT2D eigenvalue weighted by molar-refractivity contribution is 6.02. The number of aromatic hydroxyl groups is 1. The Balaban J connectivity index is 1.79. The highest BCUT2D eigenvalue weighted by atomic mass is 16.5. The number of hydrogen-bond acceptors (Lipinski definition) is 9. The van der Waals surface area contributed by atoms with Crippen molar-refractivity contribution < 1.29 is 14.6 Å². The number of aryl methyl sites for hydroxylation is 1. The van der Waals surface area contributed by atoms with Crippen LogP contribution in [0.3, 0.4) is 0 Å². The molecule has 0 aliphatic heterocycles. The van der Waals surface area contributed by atoms with E-state index < -0.39 is 0 Å². The van der Waals surface area contributed by atoms with Gasteiger partial charge in [0.25, 0.3) is 0 Å². The molecule has 3 heterocycles. The van der Waals surface area contributed by atoms with E-state index in [0.717, 1.165) is 11.3 Å².